The van der Waals surface area contributed by atoms with Crippen molar-refractivity contribution in [3.8, 4) is 0 Å². The van der Waals surface area contributed by atoms with Crippen LogP contribution in [0.1, 0.15) is 24.5 Å². The Morgan fingerprint density at radius 2 is 2.08 bits per heavy atom. The van der Waals surface area contributed by atoms with Gasteiger partial charge in [-0.1, -0.05) is 31.0 Å². The predicted molar refractivity (Wildman–Crippen MR) is 62.7 cm³/mol. The van der Waals surface area contributed by atoms with Gasteiger partial charge in [-0.3, -0.25) is 0 Å². The molecule has 0 amide bonds. The molecule has 0 unspecified atom stereocenters. The van der Waals surface area contributed by atoms with Crippen LogP contribution in [0.15, 0.2) is 16.6 Å². The van der Waals surface area contributed by atoms with E-state index in [9.17, 15) is 0 Å². The predicted octanol–water partition coefficient (Wildman–Crippen LogP) is 4.79. The second-order valence-corrected chi connectivity index (χ2v) is 4.38. The van der Waals surface area contributed by atoms with Crippen molar-refractivity contribution in [2.75, 3.05) is 0 Å². The van der Waals surface area contributed by atoms with E-state index in [0.29, 0.717) is 5.88 Å². The van der Waals surface area contributed by atoms with Crippen LogP contribution in [0.2, 0.25) is 5.02 Å². The van der Waals surface area contributed by atoms with Gasteiger partial charge >= 0.3 is 0 Å². The van der Waals surface area contributed by atoms with Crippen LogP contribution in [0.4, 0.5) is 0 Å². The van der Waals surface area contributed by atoms with Crippen molar-refractivity contribution in [2.24, 2.45) is 0 Å². The molecule has 0 aromatic heterocycles. The lowest BCUT2D eigenvalue weighted by atomic mass is 10.0. The lowest BCUT2D eigenvalue weighted by molar-refractivity contribution is 0.910. The Hall–Kier alpha value is 0.280. The Bertz CT molecular complexity index is 297. The second kappa shape index (κ2) is 5.23. The maximum absolute atomic E-state index is 6.10. The summed E-state index contributed by atoms with van der Waals surface area (Å²) in [6, 6.07) is 4.06. The lowest BCUT2D eigenvalue weighted by Crippen LogP contribution is -1.93. The highest BCUT2D eigenvalue weighted by atomic mass is 79.9. The molecular formula is C10H11BrCl2. The number of benzene rings is 1. The molecule has 0 saturated heterocycles. The Balaban J connectivity index is 3.13. The summed E-state index contributed by atoms with van der Waals surface area (Å²) in [5.41, 5.74) is 2.31. The van der Waals surface area contributed by atoms with Crippen molar-refractivity contribution in [3.63, 3.8) is 0 Å². The zero-order valence-electron chi connectivity index (χ0n) is 7.41. The number of rotatable bonds is 3. The summed E-state index contributed by atoms with van der Waals surface area (Å²) in [4.78, 5) is 0. The molecule has 72 valence electrons. The third kappa shape index (κ3) is 2.61. The summed E-state index contributed by atoms with van der Waals surface area (Å²) in [5.74, 6) is 0.480. The van der Waals surface area contributed by atoms with Gasteiger partial charge in [0.1, 0.15) is 0 Å². The van der Waals surface area contributed by atoms with Crippen molar-refractivity contribution in [1.82, 2.24) is 0 Å². The van der Waals surface area contributed by atoms with Crippen LogP contribution in [-0.2, 0) is 12.3 Å². The number of halogens is 3. The zero-order chi connectivity index (χ0) is 9.84. The summed E-state index contributed by atoms with van der Waals surface area (Å²) in [5, 5.41) is 0.751. The van der Waals surface area contributed by atoms with Gasteiger partial charge in [-0.2, -0.15) is 0 Å². The first-order chi connectivity index (χ1) is 6.20. The third-order valence-corrected chi connectivity index (χ3v) is 3.53. The van der Waals surface area contributed by atoms with E-state index in [0.717, 1.165) is 27.9 Å². The average Bonchev–Trinajstić information content (AvgIpc) is 2.12. The normalized spacial score (nSPS) is 10.5. The first-order valence-corrected chi connectivity index (χ1v) is 5.93. The van der Waals surface area contributed by atoms with Gasteiger partial charge in [-0.05, 0) is 39.5 Å². The maximum Gasteiger partial charge on any atom is 0.0594 e. The maximum atomic E-state index is 6.10. The van der Waals surface area contributed by atoms with Crippen molar-refractivity contribution in [2.45, 2.75) is 25.6 Å². The molecule has 0 N–H and O–H groups in total. The van der Waals surface area contributed by atoms with Gasteiger partial charge in [0.15, 0.2) is 0 Å². The standard InChI is InChI=1S/C10H11BrCl2/c1-2-3-7-4-5-9(11)10(13)8(7)6-12/h4-5H,2-3,6H2,1H3. The van der Waals surface area contributed by atoms with E-state index >= 15 is 0 Å². The molecule has 1 aromatic rings. The molecule has 0 heterocycles. The Morgan fingerprint density at radius 1 is 1.38 bits per heavy atom. The van der Waals surface area contributed by atoms with Gasteiger partial charge in [0.2, 0.25) is 0 Å². The van der Waals surface area contributed by atoms with Crippen molar-refractivity contribution < 1.29 is 0 Å². The van der Waals surface area contributed by atoms with Crippen LogP contribution < -0.4 is 0 Å². The van der Waals surface area contributed by atoms with E-state index in [4.69, 9.17) is 23.2 Å². The first-order valence-electron chi connectivity index (χ1n) is 4.22. The van der Waals surface area contributed by atoms with Gasteiger partial charge < -0.3 is 0 Å². The molecule has 0 spiro atoms. The highest BCUT2D eigenvalue weighted by Gasteiger charge is 2.08. The molecule has 0 radical (unpaired) electrons. The molecule has 0 nitrogen and oxygen atoms in total. The Morgan fingerprint density at radius 3 is 2.62 bits per heavy atom. The number of hydrogen-bond acceptors (Lipinski definition) is 0. The summed E-state index contributed by atoms with van der Waals surface area (Å²) in [6.07, 6.45) is 2.15. The smallest absolute Gasteiger partial charge is 0.0594 e. The Kier molecular flexibility index (Phi) is 4.57. The average molecular weight is 282 g/mol. The van der Waals surface area contributed by atoms with Gasteiger partial charge in [0, 0.05) is 10.4 Å². The van der Waals surface area contributed by atoms with Gasteiger partial charge in [-0.15, -0.1) is 11.6 Å². The van der Waals surface area contributed by atoms with Crippen LogP contribution in [0.5, 0.6) is 0 Å². The SMILES string of the molecule is CCCc1ccc(Br)c(Cl)c1CCl. The molecular weight excluding hydrogens is 271 g/mol. The monoisotopic (exact) mass is 280 g/mol. The topological polar surface area (TPSA) is 0 Å². The number of hydrogen-bond donors (Lipinski definition) is 0. The minimum absolute atomic E-state index is 0.480. The fourth-order valence-corrected chi connectivity index (χ4v) is 2.28. The zero-order valence-corrected chi connectivity index (χ0v) is 10.5. The van der Waals surface area contributed by atoms with Gasteiger partial charge in [-0.25, -0.2) is 0 Å². The minimum atomic E-state index is 0.480. The molecule has 1 aromatic carbocycles. The Labute approximate surface area is 97.4 Å². The van der Waals surface area contributed by atoms with E-state index < -0.39 is 0 Å². The van der Waals surface area contributed by atoms with E-state index in [2.05, 4.69) is 28.9 Å². The molecule has 0 saturated carbocycles. The van der Waals surface area contributed by atoms with E-state index in [1.807, 2.05) is 6.07 Å². The largest absolute Gasteiger partial charge is 0.121 e. The number of alkyl halides is 1. The molecule has 13 heavy (non-hydrogen) atoms. The fourth-order valence-electron chi connectivity index (χ4n) is 1.28. The molecule has 0 bridgehead atoms. The highest BCUT2D eigenvalue weighted by molar-refractivity contribution is 9.10. The van der Waals surface area contributed by atoms with E-state index in [-0.39, 0.29) is 0 Å². The minimum Gasteiger partial charge on any atom is -0.121 e. The van der Waals surface area contributed by atoms with Crippen LogP contribution in [0, 0.1) is 0 Å². The van der Waals surface area contributed by atoms with Gasteiger partial charge in [0.25, 0.3) is 0 Å². The first kappa shape index (κ1) is 11.4. The second-order valence-electron chi connectivity index (χ2n) is 2.88. The van der Waals surface area contributed by atoms with Crippen molar-refractivity contribution in [1.29, 1.82) is 0 Å². The molecule has 0 atom stereocenters. The summed E-state index contributed by atoms with van der Waals surface area (Å²) < 4.78 is 0.921. The lowest BCUT2D eigenvalue weighted by Gasteiger charge is -2.09. The molecule has 3 heteroatoms. The third-order valence-electron chi connectivity index (χ3n) is 1.95. The van der Waals surface area contributed by atoms with Crippen molar-refractivity contribution in [3.05, 3.63) is 32.8 Å². The van der Waals surface area contributed by atoms with Crippen LogP contribution in [-0.4, -0.2) is 0 Å². The summed E-state index contributed by atoms with van der Waals surface area (Å²) in [6.45, 7) is 2.15. The highest BCUT2D eigenvalue weighted by Crippen LogP contribution is 2.30. The van der Waals surface area contributed by atoms with Crippen LogP contribution in [0.25, 0.3) is 0 Å². The van der Waals surface area contributed by atoms with Crippen molar-refractivity contribution >= 4 is 39.1 Å². The van der Waals surface area contributed by atoms with Crippen LogP contribution >= 0.6 is 39.1 Å². The van der Waals surface area contributed by atoms with E-state index in [1.165, 1.54) is 5.56 Å². The van der Waals surface area contributed by atoms with Crippen LogP contribution in [0.3, 0.4) is 0 Å². The summed E-state index contributed by atoms with van der Waals surface area (Å²) in [7, 11) is 0. The molecule has 0 fully saturated rings. The summed E-state index contributed by atoms with van der Waals surface area (Å²) >= 11 is 15.3. The van der Waals surface area contributed by atoms with E-state index in [1.54, 1.807) is 0 Å². The molecule has 0 aliphatic heterocycles. The molecule has 0 aliphatic carbocycles. The fraction of sp³-hybridized carbons (Fsp3) is 0.400. The molecule has 1 rings (SSSR count). The molecule has 0 aliphatic rings. The quantitative estimate of drug-likeness (QED) is 0.699. The van der Waals surface area contributed by atoms with Gasteiger partial charge in [0.05, 0.1) is 5.02 Å². The number of aryl methyl sites for hydroxylation is 1.